The lowest BCUT2D eigenvalue weighted by Crippen LogP contribution is -2.37. The zero-order chi connectivity index (χ0) is 17.0. The molecule has 1 aromatic carbocycles. The van der Waals surface area contributed by atoms with Crippen LogP contribution in [0.2, 0.25) is 0 Å². The lowest BCUT2D eigenvalue weighted by molar-refractivity contribution is -0.619. The Morgan fingerprint density at radius 3 is 2.61 bits per heavy atom. The molecule has 122 valence electrons. The fraction of sp³-hybridized carbons (Fsp3) is 0.333. The summed E-state index contributed by atoms with van der Waals surface area (Å²) in [6.07, 6.45) is 0.823. The lowest BCUT2D eigenvalue weighted by Gasteiger charge is -2.15. The number of nitrogens with one attached hydrogen (secondary N) is 1. The van der Waals surface area contributed by atoms with Crippen molar-refractivity contribution in [1.29, 1.82) is 0 Å². The molecular formula is C18H22N2O3. The quantitative estimate of drug-likeness (QED) is 0.680. The molecule has 0 saturated carbocycles. The second kappa shape index (κ2) is 7.13. The summed E-state index contributed by atoms with van der Waals surface area (Å²) < 4.78 is 6.43. The maximum Gasteiger partial charge on any atom is 0.265 e. The summed E-state index contributed by atoms with van der Waals surface area (Å²) in [6.45, 7) is 7.73. The molecule has 0 saturated heterocycles. The van der Waals surface area contributed by atoms with Gasteiger partial charge in [-0.05, 0) is 25.0 Å². The summed E-state index contributed by atoms with van der Waals surface area (Å²) in [5.74, 6) is 0.104. The van der Waals surface area contributed by atoms with Crippen molar-refractivity contribution in [2.24, 2.45) is 0 Å². The Labute approximate surface area is 136 Å². The van der Waals surface area contributed by atoms with Gasteiger partial charge in [-0.1, -0.05) is 25.1 Å². The molecule has 5 heteroatoms. The first kappa shape index (κ1) is 16.8. The van der Waals surface area contributed by atoms with Crippen molar-refractivity contribution >= 4 is 11.6 Å². The van der Waals surface area contributed by atoms with Gasteiger partial charge in [-0.15, -0.1) is 0 Å². The van der Waals surface area contributed by atoms with Gasteiger partial charge >= 0.3 is 0 Å². The van der Waals surface area contributed by atoms with Crippen LogP contribution in [0.1, 0.15) is 40.7 Å². The number of rotatable bonds is 5. The third kappa shape index (κ3) is 3.62. The van der Waals surface area contributed by atoms with Crippen LogP contribution in [0.4, 0.5) is 5.69 Å². The van der Waals surface area contributed by atoms with E-state index in [1.54, 1.807) is 19.9 Å². The van der Waals surface area contributed by atoms with E-state index in [0.29, 0.717) is 23.7 Å². The van der Waals surface area contributed by atoms with Gasteiger partial charge in [0.2, 0.25) is 5.69 Å². The minimum absolute atomic E-state index is 0.280. The highest BCUT2D eigenvalue weighted by molar-refractivity contribution is 6.07. The van der Waals surface area contributed by atoms with E-state index in [1.807, 2.05) is 38.1 Å². The Balaban J connectivity index is 2.42. The zero-order valence-corrected chi connectivity index (χ0v) is 14.0. The predicted molar refractivity (Wildman–Crippen MR) is 89.8 cm³/mol. The molecule has 0 bridgehead atoms. The Bertz CT molecular complexity index is 726. The molecule has 5 nitrogen and oxygen atoms in total. The first-order chi connectivity index (χ1) is 11.0. The van der Waals surface area contributed by atoms with Crippen LogP contribution in [0.5, 0.6) is 5.75 Å². The summed E-state index contributed by atoms with van der Waals surface area (Å²) in [6, 6.07) is 9.12. The highest BCUT2D eigenvalue weighted by Crippen LogP contribution is 2.24. The summed E-state index contributed by atoms with van der Waals surface area (Å²) in [5.41, 5.74) is 2.79. The number of nitrogens with zero attached hydrogens (tertiary/aromatic N) is 1. The van der Waals surface area contributed by atoms with Crippen LogP contribution in [0, 0.1) is 26.0 Å². The van der Waals surface area contributed by atoms with Crippen LogP contribution in [0.3, 0.4) is 0 Å². The van der Waals surface area contributed by atoms with Gasteiger partial charge in [-0.2, -0.15) is 4.73 Å². The summed E-state index contributed by atoms with van der Waals surface area (Å²) in [5, 5.41) is 15.0. The summed E-state index contributed by atoms with van der Waals surface area (Å²) in [7, 11) is 0. The van der Waals surface area contributed by atoms with Crippen molar-refractivity contribution in [3.63, 3.8) is 0 Å². The van der Waals surface area contributed by atoms with Crippen molar-refractivity contribution in [3.05, 3.63) is 58.1 Å². The van der Waals surface area contributed by atoms with Crippen LogP contribution < -0.4 is 14.8 Å². The molecule has 0 radical (unpaired) electrons. The minimum atomic E-state index is -0.340. The van der Waals surface area contributed by atoms with Crippen molar-refractivity contribution in [3.8, 4) is 5.75 Å². The van der Waals surface area contributed by atoms with Gasteiger partial charge in [0.05, 0.1) is 6.61 Å². The predicted octanol–water partition coefficient (Wildman–Crippen LogP) is 3.29. The Morgan fingerprint density at radius 2 is 1.96 bits per heavy atom. The van der Waals surface area contributed by atoms with Gasteiger partial charge in [0.25, 0.3) is 5.91 Å². The maximum absolute atomic E-state index is 12.7. The highest BCUT2D eigenvalue weighted by atomic mass is 16.5. The van der Waals surface area contributed by atoms with E-state index in [-0.39, 0.29) is 11.5 Å². The molecule has 1 aromatic heterocycles. The van der Waals surface area contributed by atoms with Crippen LogP contribution in [0.25, 0.3) is 0 Å². The number of para-hydroxylation sites is 1. The molecule has 0 fully saturated rings. The van der Waals surface area contributed by atoms with Crippen molar-refractivity contribution < 1.29 is 14.3 Å². The summed E-state index contributed by atoms with van der Waals surface area (Å²) >= 11 is 0. The van der Waals surface area contributed by atoms with E-state index >= 15 is 0 Å². The fourth-order valence-corrected chi connectivity index (χ4v) is 2.36. The molecule has 23 heavy (non-hydrogen) atoms. The average Bonchev–Trinajstić information content (AvgIpc) is 2.52. The molecule has 1 heterocycles. The molecule has 2 aromatic rings. The number of benzene rings is 1. The molecule has 0 aliphatic rings. The number of pyridine rings is 1. The van der Waals surface area contributed by atoms with E-state index < -0.39 is 0 Å². The lowest BCUT2D eigenvalue weighted by atomic mass is 10.1. The number of anilines is 1. The van der Waals surface area contributed by atoms with Gasteiger partial charge in [0.15, 0.2) is 5.69 Å². The van der Waals surface area contributed by atoms with Crippen molar-refractivity contribution in [2.75, 3.05) is 11.9 Å². The first-order valence-corrected chi connectivity index (χ1v) is 7.69. The maximum atomic E-state index is 12.7. The molecule has 0 unspecified atom stereocenters. The smallest absolute Gasteiger partial charge is 0.265 e. The second-order valence-electron chi connectivity index (χ2n) is 5.52. The third-order valence-electron chi connectivity index (χ3n) is 3.66. The molecule has 0 aliphatic carbocycles. The molecule has 0 aliphatic heterocycles. The van der Waals surface area contributed by atoms with E-state index in [4.69, 9.17) is 4.74 Å². The number of aryl methyl sites for hydroxylation is 2. The number of carbonyl (C=O) groups is 1. The third-order valence-corrected chi connectivity index (χ3v) is 3.66. The number of hydrogen-bond acceptors (Lipinski definition) is 3. The van der Waals surface area contributed by atoms with Crippen LogP contribution in [0.15, 0.2) is 30.3 Å². The topological polar surface area (TPSA) is 65.3 Å². The number of hydrogen-bond donors (Lipinski definition) is 1. The van der Waals surface area contributed by atoms with Gasteiger partial charge < -0.3 is 15.3 Å². The van der Waals surface area contributed by atoms with Crippen LogP contribution in [-0.2, 0) is 0 Å². The molecule has 2 rings (SSSR count). The van der Waals surface area contributed by atoms with E-state index in [0.717, 1.165) is 22.4 Å². The van der Waals surface area contributed by atoms with E-state index in [2.05, 4.69) is 5.32 Å². The van der Waals surface area contributed by atoms with E-state index in [1.165, 1.54) is 0 Å². The largest absolute Gasteiger partial charge is 0.618 e. The van der Waals surface area contributed by atoms with E-state index in [9.17, 15) is 10.0 Å². The monoisotopic (exact) mass is 314 g/mol. The van der Waals surface area contributed by atoms with Gasteiger partial charge in [0, 0.05) is 25.6 Å². The number of carbonyl (C=O) groups excluding carboxylic acids is 1. The standard InChI is InChI=1S/C18H22N2O3/c1-5-10-23-16-11-13(3)20(22)14(4)17(16)18(21)19-15-9-7-6-8-12(15)2/h6-9,11H,5,10H2,1-4H3,(H,19,21). The zero-order valence-electron chi connectivity index (χ0n) is 14.0. The van der Waals surface area contributed by atoms with Crippen LogP contribution >= 0.6 is 0 Å². The number of ether oxygens (including phenoxy) is 1. The SMILES string of the molecule is CCCOc1cc(C)[n+]([O-])c(C)c1C(=O)Nc1ccccc1C. The molecular weight excluding hydrogens is 292 g/mol. The summed E-state index contributed by atoms with van der Waals surface area (Å²) in [4.78, 5) is 12.7. The highest BCUT2D eigenvalue weighted by Gasteiger charge is 2.24. The minimum Gasteiger partial charge on any atom is -0.618 e. The molecule has 1 N–H and O–H groups in total. The Kier molecular flexibility index (Phi) is 5.21. The first-order valence-electron chi connectivity index (χ1n) is 7.69. The Hall–Kier alpha value is -2.56. The molecule has 0 spiro atoms. The average molecular weight is 314 g/mol. The number of aromatic nitrogens is 1. The van der Waals surface area contributed by atoms with Crippen LogP contribution in [-0.4, -0.2) is 12.5 Å². The normalized spacial score (nSPS) is 10.4. The van der Waals surface area contributed by atoms with Gasteiger partial charge in [0.1, 0.15) is 11.3 Å². The number of amides is 1. The Morgan fingerprint density at radius 1 is 1.26 bits per heavy atom. The van der Waals surface area contributed by atoms with Gasteiger partial charge in [-0.25, -0.2) is 0 Å². The van der Waals surface area contributed by atoms with Crippen molar-refractivity contribution in [2.45, 2.75) is 34.1 Å². The van der Waals surface area contributed by atoms with Gasteiger partial charge in [-0.3, -0.25) is 4.79 Å². The molecule has 0 atom stereocenters. The fourth-order valence-electron chi connectivity index (χ4n) is 2.36. The second-order valence-corrected chi connectivity index (χ2v) is 5.52. The molecule has 1 amide bonds. The van der Waals surface area contributed by atoms with Crippen molar-refractivity contribution in [1.82, 2.24) is 0 Å².